The molecule has 0 aliphatic heterocycles. The summed E-state index contributed by atoms with van der Waals surface area (Å²) >= 11 is 12.5. The van der Waals surface area contributed by atoms with E-state index in [0.717, 1.165) is 22.8 Å². The number of aliphatic carboxylic acids is 1. The number of alkyl halides is 2. The SMILES string of the molecule is CNc1cccc(CCOc2ccc(C3C(CC(=O)O)C3(Cl)Cl)cc2)n1. The molecule has 0 amide bonds. The van der Waals surface area contributed by atoms with E-state index < -0.39 is 10.3 Å². The van der Waals surface area contributed by atoms with E-state index in [1.54, 1.807) is 0 Å². The van der Waals surface area contributed by atoms with E-state index in [9.17, 15) is 4.79 Å². The van der Waals surface area contributed by atoms with Gasteiger partial charge in [-0.05, 0) is 29.8 Å². The number of aromatic nitrogens is 1. The van der Waals surface area contributed by atoms with Crippen LogP contribution in [-0.4, -0.2) is 34.0 Å². The summed E-state index contributed by atoms with van der Waals surface area (Å²) in [7, 11) is 1.83. The number of hydrogen-bond donors (Lipinski definition) is 2. The third-order valence-corrected chi connectivity index (χ3v) is 5.56. The number of carbonyl (C=O) groups is 1. The highest BCUT2D eigenvalue weighted by molar-refractivity contribution is 6.52. The molecule has 138 valence electrons. The lowest BCUT2D eigenvalue weighted by Crippen LogP contribution is -2.04. The number of nitrogens with zero attached hydrogens (tertiary/aromatic N) is 1. The summed E-state index contributed by atoms with van der Waals surface area (Å²) in [4.78, 5) is 15.3. The van der Waals surface area contributed by atoms with Gasteiger partial charge in [-0.25, -0.2) is 4.98 Å². The van der Waals surface area contributed by atoms with Crippen molar-refractivity contribution in [3.05, 3.63) is 53.7 Å². The molecular formula is C19H20Cl2N2O3. The molecule has 2 atom stereocenters. The highest BCUT2D eigenvalue weighted by Crippen LogP contribution is 2.66. The van der Waals surface area contributed by atoms with Crippen molar-refractivity contribution in [2.75, 3.05) is 19.0 Å². The van der Waals surface area contributed by atoms with Crippen molar-refractivity contribution >= 4 is 35.0 Å². The quantitative estimate of drug-likeness (QED) is 0.659. The predicted molar refractivity (Wildman–Crippen MR) is 102 cm³/mol. The van der Waals surface area contributed by atoms with Crippen molar-refractivity contribution in [3.8, 4) is 5.75 Å². The minimum atomic E-state index is -1.01. The van der Waals surface area contributed by atoms with Crippen molar-refractivity contribution in [1.29, 1.82) is 0 Å². The molecule has 1 fully saturated rings. The van der Waals surface area contributed by atoms with Gasteiger partial charge in [0, 0.05) is 31.0 Å². The normalized spacial score (nSPS) is 20.4. The van der Waals surface area contributed by atoms with Crippen molar-refractivity contribution in [2.24, 2.45) is 5.92 Å². The van der Waals surface area contributed by atoms with Gasteiger partial charge < -0.3 is 15.2 Å². The van der Waals surface area contributed by atoms with Crippen LogP contribution >= 0.6 is 23.2 Å². The minimum absolute atomic E-state index is 0.0331. The number of hydrogen-bond acceptors (Lipinski definition) is 4. The Kier molecular flexibility index (Phi) is 5.58. The third-order valence-electron chi connectivity index (χ3n) is 4.53. The van der Waals surface area contributed by atoms with Crippen LogP contribution in [-0.2, 0) is 11.2 Å². The Morgan fingerprint density at radius 3 is 2.65 bits per heavy atom. The van der Waals surface area contributed by atoms with Crippen LogP contribution in [0.25, 0.3) is 0 Å². The highest BCUT2D eigenvalue weighted by atomic mass is 35.5. The summed E-state index contributed by atoms with van der Waals surface area (Å²) in [6.45, 7) is 0.513. The van der Waals surface area contributed by atoms with Crippen LogP contribution in [0.3, 0.4) is 0 Å². The van der Waals surface area contributed by atoms with Crippen LogP contribution < -0.4 is 10.1 Å². The van der Waals surface area contributed by atoms with Gasteiger partial charge in [-0.2, -0.15) is 0 Å². The topological polar surface area (TPSA) is 71.5 Å². The van der Waals surface area contributed by atoms with Crippen LogP contribution in [0.1, 0.15) is 23.6 Å². The predicted octanol–water partition coefficient (Wildman–Crippen LogP) is 4.11. The third kappa shape index (κ3) is 4.22. The van der Waals surface area contributed by atoms with E-state index in [4.69, 9.17) is 33.0 Å². The smallest absolute Gasteiger partial charge is 0.303 e. The van der Waals surface area contributed by atoms with Crippen LogP contribution in [0.2, 0.25) is 0 Å². The van der Waals surface area contributed by atoms with Gasteiger partial charge in [0.1, 0.15) is 15.9 Å². The molecule has 1 aliphatic rings. The average Bonchev–Trinajstić information content (AvgIpc) is 3.15. The number of anilines is 1. The standard InChI is InChI=1S/C19H20Cl2N2O3/c1-22-16-4-2-3-13(23-16)9-10-26-14-7-5-12(6-8-14)18-15(11-17(24)25)19(18,20)21/h2-8,15,18H,9-11H2,1H3,(H,22,23)(H,24,25). The summed E-state index contributed by atoms with van der Waals surface area (Å²) in [5.41, 5.74) is 1.88. The maximum absolute atomic E-state index is 10.9. The molecule has 1 heterocycles. The van der Waals surface area contributed by atoms with Gasteiger partial charge in [0.2, 0.25) is 0 Å². The van der Waals surface area contributed by atoms with E-state index in [1.807, 2.05) is 49.5 Å². The van der Waals surface area contributed by atoms with E-state index >= 15 is 0 Å². The van der Waals surface area contributed by atoms with Gasteiger partial charge in [-0.3, -0.25) is 4.79 Å². The second-order valence-corrected chi connectivity index (χ2v) is 7.73. The Balaban J connectivity index is 1.54. The number of pyridine rings is 1. The summed E-state index contributed by atoms with van der Waals surface area (Å²) in [6, 6.07) is 13.3. The lowest BCUT2D eigenvalue weighted by Gasteiger charge is -2.08. The van der Waals surface area contributed by atoms with Gasteiger partial charge in [0.15, 0.2) is 0 Å². The molecule has 7 heteroatoms. The van der Waals surface area contributed by atoms with Gasteiger partial charge in [0.25, 0.3) is 0 Å². The number of halogens is 2. The zero-order valence-corrected chi connectivity index (χ0v) is 15.8. The fourth-order valence-electron chi connectivity index (χ4n) is 3.09. The van der Waals surface area contributed by atoms with Crippen molar-refractivity contribution in [3.63, 3.8) is 0 Å². The van der Waals surface area contributed by atoms with Crippen LogP contribution in [0.15, 0.2) is 42.5 Å². The number of carboxylic acid groups (broad SMARTS) is 1. The first-order chi connectivity index (χ1) is 12.4. The van der Waals surface area contributed by atoms with E-state index in [0.29, 0.717) is 13.0 Å². The fraction of sp³-hybridized carbons (Fsp3) is 0.368. The van der Waals surface area contributed by atoms with Crippen LogP contribution in [0.5, 0.6) is 5.75 Å². The zero-order chi connectivity index (χ0) is 18.7. The highest BCUT2D eigenvalue weighted by Gasteiger charge is 2.64. The van der Waals surface area contributed by atoms with Crippen LogP contribution in [0.4, 0.5) is 5.82 Å². The molecular weight excluding hydrogens is 375 g/mol. The molecule has 1 aromatic carbocycles. The number of ether oxygens (including phenoxy) is 1. The second kappa shape index (κ2) is 7.72. The van der Waals surface area contributed by atoms with E-state index in [1.165, 1.54) is 0 Å². The van der Waals surface area contributed by atoms with Gasteiger partial charge in [0.05, 0.1) is 13.0 Å². The Bertz CT molecular complexity index is 781. The number of benzene rings is 1. The van der Waals surface area contributed by atoms with Crippen molar-refractivity contribution in [2.45, 2.75) is 23.1 Å². The average molecular weight is 395 g/mol. The molecule has 1 aliphatic carbocycles. The first-order valence-corrected chi connectivity index (χ1v) is 9.13. The number of nitrogens with one attached hydrogen (secondary N) is 1. The van der Waals surface area contributed by atoms with E-state index in [-0.39, 0.29) is 18.3 Å². The molecule has 0 spiro atoms. The summed E-state index contributed by atoms with van der Waals surface area (Å²) in [5, 5.41) is 12.0. The lowest BCUT2D eigenvalue weighted by molar-refractivity contribution is -0.137. The number of rotatable bonds is 8. The molecule has 1 saturated carbocycles. The summed E-state index contributed by atoms with van der Waals surface area (Å²) in [5.74, 6) is 0.255. The molecule has 2 N–H and O–H groups in total. The number of carboxylic acids is 1. The Morgan fingerprint density at radius 1 is 1.27 bits per heavy atom. The first kappa shape index (κ1) is 18.8. The lowest BCUT2D eigenvalue weighted by atomic mass is 10.1. The van der Waals surface area contributed by atoms with Gasteiger partial charge in [-0.15, -0.1) is 23.2 Å². The molecule has 0 saturated heterocycles. The molecule has 0 bridgehead atoms. The first-order valence-electron chi connectivity index (χ1n) is 8.38. The Morgan fingerprint density at radius 2 is 2.00 bits per heavy atom. The zero-order valence-electron chi connectivity index (χ0n) is 14.3. The minimum Gasteiger partial charge on any atom is -0.493 e. The molecule has 5 nitrogen and oxygen atoms in total. The van der Waals surface area contributed by atoms with Crippen molar-refractivity contribution < 1.29 is 14.6 Å². The van der Waals surface area contributed by atoms with Crippen LogP contribution in [0, 0.1) is 5.92 Å². The molecule has 3 rings (SSSR count). The fourth-order valence-corrected chi connectivity index (χ4v) is 3.93. The maximum atomic E-state index is 10.9. The molecule has 2 unspecified atom stereocenters. The molecule has 1 aromatic heterocycles. The Hall–Kier alpha value is -1.98. The summed E-state index contributed by atoms with van der Waals surface area (Å²) < 4.78 is 4.75. The maximum Gasteiger partial charge on any atom is 0.303 e. The monoisotopic (exact) mass is 394 g/mol. The van der Waals surface area contributed by atoms with Gasteiger partial charge >= 0.3 is 5.97 Å². The van der Waals surface area contributed by atoms with Crippen molar-refractivity contribution in [1.82, 2.24) is 4.98 Å². The Labute approximate surface area is 162 Å². The summed E-state index contributed by atoms with van der Waals surface area (Å²) in [6.07, 6.45) is 0.668. The van der Waals surface area contributed by atoms with E-state index in [2.05, 4.69) is 10.3 Å². The largest absolute Gasteiger partial charge is 0.493 e. The van der Waals surface area contributed by atoms with Gasteiger partial charge in [-0.1, -0.05) is 18.2 Å². The molecule has 26 heavy (non-hydrogen) atoms. The second-order valence-electron chi connectivity index (χ2n) is 6.29. The molecule has 2 aromatic rings. The molecule has 0 radical (unpaired) electrons.